The standard InChI is InChI=1S/C14H26N2O/c1-17-13-3-2-8-16(11-13)10-12-9-14(12)4-6-15-7-5-14/h12-13,15H,2-11H2,1H3. The van der Waals surface area contributed by atoms with Crippen molar-refractivity contribution in [3.63, 3.8) is 0 Å². The normalized spacial score (nSPS) is 37.2. The highest BCUT2D eigenvalue weighted by Gasteiger charge is 2.53. The molecule has 1 aliphatic carbocycles. The van der Waals surface area contributed by atoms with Gasteiger partial charge in [0.25, 0.3) is 0 Å². The fourth-order valence-electron chi connectivity index (χ4n) is 3.91. The summed E-state index contributed by atoms with van der Waals surface area (Å²) >= 11 is 0. The Morgan fingerprint density at radius 1 is 1.35 bits per heavy atom. The van der Waals surface area contributed by atoms with E-state index in [1.165, 1.54) is 64.8 Å². The molecule has 2 aliphatic heterocycles. The zero-order valence-corrected chi connectivity index (χ0v) is 11.1. The molecule has 0 aromatic rings. The summed E-state index contributed by atoms with van der Waals surface area (Å²) in [6, 6.07) is 0. The average molecular weight is 238 g/mol. The second-order valence-corrected chi connectivity index (χ2v) is 6.27. The van der Waals surface area contributed by atoms with Crippen molar-refractivity contribution >= 4 is 0 Å². The number of methoxy groups -OCH3 is 1. The van der Waals surface area contributed by atoms with Crippen LogP contribution in [-0.4, -0.2) is 50.8 Å². The van der Waals surface area contributed by atoms with Crippen molar-refractivity contribution in [2.75, 3.05) is 39.8 Å². The predicted octanol–water partition coefficient (Wildman–Crippen LogP) is 1.49. The van der Waals surface area contributed by atoms with E-state index in [1.54, 1.807) is 0 Å². The van der Waals surface area contributed by atoms with Crippen LogP contribution in [0.1, 0.15) is 32.1 Å². The highest BCUT2D eigenvalue weighted by molar-refractivity contribution is 5.05. The first-order valence-corrected chi connectivity index (χ1v) is 7.28. The molecule has 1 spiro atoms. The highest BCUT2D eigenvalue weighted by Crippen LogP contribution is 2.58. The molecule has 0 radical (unpaired) electrons. The van der Waals surface area contributed by atoms with E-state index >= 15 is 0 Å². The number of likely N-dealkylation sites (tertiary alicyclic amines) is 1. The molecule has 0 aromatic carbocycles. The lowest BCUT2D eigenvalue weighted by molar-refractivity contribution is 0.0279. The maximum atomic E-state index is 5.51. The van der Waals surface area contributed by atoms with Crippen molar-refractivity contribution in [1.29, 1.82) is 0 Å². The van der Waals surface area contributed by atoms with E-state index < -0.39 is 0 Å². The molecular weight excluding hydrogens is 212 g/mol. The SMILES string of the molecule is COC1CCCN(CC2CC23CCNCC3)C1. The maximum absolute atomic E-state index is 5.51. The van der Waals surface area contributed by atoms with E-state index in [-0.39, 0.29) is 0 Å². The van der Waals surface area contributed by atoms with E-state index in [0.717, 1.165) is 11.3 Å². The molecule has 17 heavy (non-hydrogen) atoms. The number of hydrogen-bond donors (Lipinski definition) is 1. The van der Waals surface area contributed by atoms with Gasteiger partial charge in [-0.25, -0.2) is 0 Å². The van der Waals surface area contributed by atoms with Gasteiger partial charge in [-0.15, -0.1) is 0 Å². The molecule has 3 aliphatic rings. The second-order valence-electron chi connectivity index (χ2n) is 6.27. The maximum Gasteiger partial charge on any atom is 0.0698 e. The molecule has 0 bridgehead atoms. The molecule has 0 amide bonds. The van der Waals surface area contributed by atoms with Gasteiger partial charge >= 0.3 is 0 Å². The van der Waals surface area contributed by atoms with Crippen molar-refractivity contribution in [3.8, 4) is 0 Å². The van der Waals surface area contributed by atoms with Crippen molar-refractivity contribution in [2.24, 2.45) is 11.3 Å². The van der Waals surface area contributed by atoms with Crippen LogP contribution in [0.25, 0.3) is 0 Å². The van der Waals surface area contributed by atoms with E-state index in [0.29, 0.717) is 6.10 Å². The highest BCUT2D eigenvalue weighted by atomic mass is 16.5. The zero-order chi connectivity index (χ0) is 11.7. The summed E-state index contributed by atoms with van der Waals surface area (Å²) in [6.07, 6.45) is 7.39. The Morgan fingerprint density at radius 2 is 2.18 bits per heavy atom. The monoisotopic (exact) mass is 238 g/mol. The molecule has 0 aromatic heterocycles. The summed E-state index contributed by atoms with van der Waals surface area (Å²) in [4.78, 5) is 2.65. The molecule has 3 rings (SSSR count). The molecular formula is C14H26N2O. The summed E-state index contributed by atoms with van der Waals surface area (Å²) in [5, 5.41) is 3.49. The van der Waals surface area contributed by atoms with E-state index in [9.17, 15) is 0 Å². The molecule has 1 saturated carbocycles. The Kier molecular flexibility index (Phi) is 3.42. The lowest BCUT2D eigenvalue weighted by atomic mass is 9.91. The van der Waals surface area contributed by atoms with Gasteiger partial charge in [0, 0.05) is 20.2 Å². The van der Waals surface area contributed by atoms with Gasteiger partial charge in [-0.2, -0.15) is 0 Å². The first kappa shape index (κ1) is 11.9. The number of hydrogen-bond acceptors (Lipinski definition) is 3. The van der Waals surface area contributed by atoms with Crippen molar-refractivity contribution in [1.82, 2.24) is 10.2 Å². The molecule has 3 heteroatoms. The first-order chi connectivity index (χ1) is 8.32. The van der Waals surface area contributed by atoms with Crippen LogP contribution in [0.2, 0.25) is 0 Å². The smallest absolute Gasteiger partial charge is 0.0698 e. The van der Waals surface area contributed by atoms with Gasteiger partial charge in [-0.3, -0.25) is 0 Å². The van der Waals surface area contributed by atoms with Gasteiger partial charge < -0.3 is 15.0 Å². The summed E-state index contributed by atoms with van der Waals surface area (Å²) in [6.45, 7) is 6.29. The number of rotatable bonds is 3. The fraction of sp³-hybridized carbons (Fsp3) is 1.00. The van der Waals surface area contributed by atoms with E-state index in [2.05, 4.69) is 10.2 Å². The lowest BCUT2D eigenvalue weighted by Gasteiger charge is -2.33. The van der Waals surface area contributed by atoms with Crippen LogP contribution in [0.5, 0.6) is 0 Å². The topological polar surface area (TPSA) is 24.5 Å². The van der Waals surface area contributed by atoms with Crippen LogP contribution in [0.3, 0.4) is 0 Å². The Hall–Kier alpha value is -0.120. The quantitative estimate of drug-likeness (QED) is 0.806. The molecule has 1 N–H and O–H groups in total. The first-order valence-electron chi connectivity index (χ1n) is 7.28. The van der Waals surface area contributed by atoms with Crippen LogP contribution in [0.4, 0.5) is 0 Å². The second kappa shape index (κ2) is 4.87. The summed E-state index contributed by atoms with van der Waals surface area (Å²) < 4.78 is 5.51. The summed E-state index contributed by atoms with van der Waals surface area (Å²) in [5.74, 6) is 0.986. The van der Waals surface area contributed by atoms with Crippen molar-refractivity contribution in [3.05, 3.63) is 0 Å². The van der Waals surface area contributed by atoms with E-state index in [1.807, 2.05) is 7.11 Å². The molecule has 2 saturated heterocycles. The molecule has 3 nitrogen and oxygen atoms in total. The van der Waals surface area contributed by atoms with Crippen LogP contribution < -0.4 is 5.32 Å². The van der Waals surface area contributed by atoms with Gasteiger partial charge in [0.15, 0.2) is 0 Å². The molecule has 3 fully saturated rings. The van der Waals surface area contributed by atoms with Crippen LogP contribution in [0.15, 0.2) is 0 Å². The lowest BCUT2D eigenvalue weighted by Crippen LogP contribution is -2.41. The van der Waals surface area contributed by atoms with Gasteiger partial charge in [-0.1, -0.05) is 0 Å². The Bertz CT molecular complexity index is 263. The third kappa shape index (κ3) is 2.51. The largest absolute Gasteiger partial charge is 0.380 e. The Labute approximate surface area is 105 Å². The Morgan fingerprint density at radius 3 is 2.94 bits per heavy atom. The van der Waals surface area contributed by atoms with Crippen molar-refractivity contribution in [2.45, 2.75) is 38.2 Å². The van der Waals surface area contributed by atoms with Gasteiger partial charge in [-0.05, 0) is 63.1 Å². The predicted molar refractivity (Wildman–Crippen MR) is 69.1 cm³/mol. The summed E-state index contributed by atoms with van der Waals surface area (Å²) in [7, 11) is 1.86. The fourth-order valence-corrected chi connectivity index (χ4v) is 3.91. The Balaban J connectivity index is 1.48. The number of ether oxygens (including phenoxy) is 1. The number of nitrogens with one attached hydrogen (secondary N) is 1. The summed E-state index contributed by atoms with van der Waals surface area (Å²) in [5.41, 5.74) is 0.741. The van der Waals surface area contributed by atoms with E-state index in [4.69, 9.17) is 4.74 Å². The molecule has 2 atom stereocenters. The van der Waals surface area contributed by atoms with Gasteiger partial charge in [0.1, 0.15) is 0 Å². The third-order valence-corrected chi connectivity index (χ3v) is 5.23. The van der Waals surface area contributed by atoms with Gasteiger partial charge in [0.05, 0.1) is 6.10 Å². The number of piperidine rings is 2. The minimum Gasteiger partial charge on any atom is -0.380 e. The van der Waals surface area contributed by atoms with Crippen molar-refractivity contribution < 1.29 is 4.74 Å². The third-order valence-electron chi connectivity index (χ3n) is 5.23. The van der Waals surface area contributed by atoms with Crippen LogP contribution in [0, 0.1) is 11.3 Å². The van der Waals surface area contributed by atoms with Crippen LogP contribution in [-0.2, 0) is 4.74 Å². The van der Waals surface area contributed by atoms with Crippen LogP contribution >= 0.6 is 0 Å². The molecule has 2 unspecified atom stereocenters. The van der Waals surface area contributed by atoms with Gasteiger partial charge in [0.2, 0.25) is 0 Å². The number of nitrogens with zero attached hydrogens (tertiary/aromatic N) is 1. The minimum atomic E-state index is 0.492. The molecule has 2 heterocycles. The zero-order valence-electron chi connectivity index (χ0n) is 11.1. The molecule has 98 valence electrons. The average Bonchev–Trinajstić information content (AvgIpc) is 3.02. The minimum absolute atomic E-state index is 0.492.